The SMILES string of the molecule is COCCNc1nc(C)c(-c2nc3c(C)nccc3s2)c(NC2CC(O)C(C(C)(C)NS(C)(=O)=O)C2)n1. The van der Waals surface area contributed by atoms with Crippen molar-refractivity contribution in [3.63, 3.8) is 0 Å². The van der Waals surface area contributed by atoms with Crippen LogP contribution in [-0.4, -0.2) is 77.7 Å². The van der Waals surface area contributed by atoms with Crippen LogP contribution in [0.25, 0.3) is 20.8 Å². The Morgan fingerprint density at radius 2 is 1.95 bits per heavy atom. The van der Waals surface area contributed by atoms with Crippen molar-refractivity contribution in [2.24, 2.45) is 5.92 Å². The Morgan fingerprint density at radius 3 is 2.62 bits per heavy atom. The van der Waals surface area contributed by atoms with Gasteiger partial charge >= 0.3 is 0 Å². The van der Waals surface area contributed by atoms with Crippen LogP contribution in [0, 0.1) is 19.8 Å². The number of nitrogens with one attached hydrogen (secondary N) is 3. The molecule has 202 valence electrons. The Morgan fingerprint density at radius 1 is 1.19 bits per heavy atom. The van der Waals surface area contributed by atoms with Crippen LogP contribution in [0.4, 0.5) is 11.8 Å². The molecule has 4 N–H and O–H groups in total. The van der Waals surface area contributed by atoms with Gasteiger partial charge in [0.25, 0.3) is 0 Å². The van der Waals surface area contributed by atoms with E-state index >= 15 is 0 Å². The van der Waals surface area contributed by atoms with Gasteiger partial charge < -0.3 is 20.5 Å². The number of aryl methyl sites for hydroxylation is 2. The van der Waals surface area contributed by atoms with E-state index in [9.17, 15) is 13.5 Å². The summed E-state index contributed by atoms with van der Waals surface area (Å²) in [6, 6.07) is 1.82. The van der Waals surface area contributed by atoms with Crippen molar-refractivity contribution in [1.82, 2.24) is 24.7 Å². The summed E-state index contributed by atoms with van der Waals surface area (Å²) in [5.74, 6) is 0.805. The lowest BCUT2D eigenvalue weighted by molar-refractivity contribution is 0.0897. The second kappa shape index (κ2) is 10.7. The van der Waals surface area contributed by atoms with Gasteiger partial charge in [-0.15, -0.1) is 11.3 Å². The van der Waals surface area contributed by atoms with E-state index in [1.54, 1.807) is 38.5 Å². The van der Waals surface area contributed by atoms with E-state index in [0.717, 1.165) is 38.4 Å². The Labute approximate surface area is 221 Å². The number of aliphatic hydroxyl groups is 1. The average molecular weight is 550 g/mol. The molecule has 0 saturated heterocycles. The summed E-state index contributed by atoms with van der Waals surface area (Å²) in [6.45, 7) is 8.53. The predicted octanol–water partition coefficient (Wildman–Crippen LogP) is 2.70. The number of nitrogens with zero attached hydrogens (tertiary/aromatic N) is 4. The fourth-order valence-electron chi connectivity index (χ4n) is 5.02. The molecule has 0 amide bonds. The minimum absolute atomic E-state index is 0.127. The molecule has 0 aromatic carbocycles. The number of pyridine rings is 1. The van der Waals surface area contributed by atoms with Gasteiger partial charge in [-0.05, 0) is 46.6 Å². The first-order valence-corrected chi connectivity index (χ1v) is 14.9. The smallest absolute Gasteiger partial charge is 0.224 e. The molecule has 3 heterocycles. The van der Waals surface area contributed by atoms with Gasteiger partial charge in [0.1, 0.15) is 16.3 Å². The number of ether oxygens (including phenoxy) is 1. The maximum Gasteiger partial charge on any atom is 0.224 e. The van der Waals surface area contributed by atoms with Crippen LogP contribution in [0.15, 0.2) is 12.3 Å². The minimum atomic E-state index is -3.43. The second-order valence-corrected chi connectivity index (χ2v) is 12.9. The number of hydrogen-bond donors (Lipinski definition) is 4. The van der Waals surface area contributed by atoms with E-state index < -0.39 is 21.7 Å². The molecule has 11 nitrogen and oxygen atoms in total. The van der Waals surface area contributed by atoms with E-state index in [1.807, 2.05) is 19.9 Å². The van der Waals surface area contributed by atoms with E-state index in [0.29, 0.717) is 37.8 Å². The van der Waals surface area contributed by atoms with Gasteiger partial charge in [-0.25, -0.2) is 23.1 Å². The minimum Gasteiger partial charge on any atom is -0.393 e. The summed E-state index contributed by atoms with van der Waals surface area (Å²) in [5.41, 5.74) is 2.45. The fraction of sp³-hybridized carbons (Fsp3) is 0.583. The van der Waals surface area contributed by atoms with E-state index in [-0.39, 0.29) is 12.0 Å². The maximum absolute atomic E-state index is 11.9. The largest absolute Gasteiger partial charge is 0.393 e. The summed E-state index contributed by atoms with van der Waals surface area (Å²) in [5, 5.41) is 18.4. The quantitative estimate of drug-likeness (QED) is 0.278. The lowest BCUT2D eigenvalue weighted by atomic mass is 9.85. The highest BCUT2D eigenvalue weighted by molar-refractivity contribution is 7.88. The number of methoxy groups -OCH3 is 1. The number of aliphatic hydroxyl groups excluding tert-OH is 1. The van der Waals surface area contributed by atoms with Crippen molar-refractivity contribution in [1.29, 1.82) is 0 Å². The zero-order valence-corrected chi connectivity index (χ0v) is 23.6. The Kier molecular flexibility index (Phi) is 8.00. The van der Waals surface area contributed by atoms with Crippen LogP contribution in [-0.2, 0) is 14.8 Å². The molecule has 1 aliphatic rings. The molecule has 3 atom stereocenters. The van der Waals surface area contributed by atoms with Crippen molar-refractivity contribution in [3.8, 4) is 10.6 Å². The molecule has 0 radical (unpaired) electrons. The van der Waals surface area contributed by atoms with Crippen LogP contribution in [0.2, 0.25) is 0 Å². The zero-order chi connectivity index (χ0) is 27.0. The molecule has 13 heteroatoms. The first-order chi connectivity index (χ1) is 17.4. The Hall–Kier alpha value is -2.45. The first kappa shape index (κ1) is 27.6. The highest BCUT2D eigenvalue weighted by Crippen LogP contribution is 2.40. The highest BCUT2D eigenvalue weighted by Gasteiger charge is 2.44. The molecular weight excluding hydrogens is 514 g/mol. The molecule has 3 aromatic rings. The number of aromatic nitrogens is 4. The molecule has 0 spiro atoms. The third-order valence-electron chi connectivity index (χ3n) is 6.63. The van der Waals surface area contributed by atoms with Gasteiger partial charge in [-0.1, -0.05) is 0 Å². The topological polar surface area (TPSA) is 151 Å². The van der Waals surface area contributed by atoms with Crippen LogP contribution >= 0.6 is 11.3 Å². The molecule has 37 heavy (non-hydrogen) atoms. The summed E-state index contributed by atoms with van der Waals surface area (Å²) in [7, 11) is -1.80. The normalized spacial score (nSPS) is 20.5. The van der Waals surface area contributed by atoms with Crippen LogP contribution in [0.5, 0.6) is 0 Å². The molecule has 4 rings (SSSR count). The van der Waals surface area contributed by atoms with Gasteiger partial charge in [0, 0.05) is 37.4 Å². The second-order valence-electron chi connectivity index (χ2n) is 10.1. The lowest BCUT2D eigenvalue weighted by Gasteiger charge is -2.33. The fourth-order valence-corrected chi connectivity index (χ4v) is 7.24. The van der Waals surface area contributed by atoms with Crippen molar-refractivity contribution >= 4 is 43.3 Å². The number of fused-ring (bicyclic) bond motifs is 1. The van der Waals surface area contributed by atoms with Crippen molar-refractivity contribution in [3.05, 3.63) is 23.7 Å². The molecule has 1 aliphatic carbocycles. The monoisotopic (exact) mass is 549 g/mol. The third-order valence-corrected chi connectivity index (χ3v) is 8.56. The Bertz CT molecular complexity index is 1380. The summed E-state index contributed by atoms with van der Waals surface area (Å²) in [6.07, 6.45) is 3.25. The number of rotatable bonds is 10. The number of thiazole rings is 1. The van der Waals surface area contributed by atoms with Crippen LogP contribution in [0.3, 0.4) is 0 Å². The zero-order valence-electron chi connectivity index (χ0n) is 22.0. The Balaban J connectivity index is 1.68. The number of hydrogen-bond acceptors (Lipinski definition) is 11. The molecule has 0 aliphatic heterocycles. The highest BCUT2D eigenvalue weighted by atomic mass is 32.2. The summed E-state index contributed by atoms with van der Waals surface area (Å²) < 4.78 is 32.7. The van der Waals surface area contributed by atoms with Gasteiger partial charge in [0.15, 0.2) is 0 Å². The molecule has 3 unspecified atom stereocenters. The maximum atomic E-state index is 11.9. The summed E-state index contributed by atoms with van der Waals surface area (Å²) in [4.78, 5) is 18.7. The molecule has 1 fully saturated rings. The molecule has 3 aromatic heterocycles. The lowest BCUT2D eigenvalue weighted by Crippen LogP contribution is -2.51. The molecule has 0 bridgehead atoms. The van der Waals surface area contributed by atoms with Gasteiger partial charge in [0.2, 0.25) is 16.0 Å². The van der Waals surface area contributed by atoms with Crippen molar-refractivity contribution in [2.45, 2.75) is 58.2 Å². The van der Waals surface area contributed by atoms with Crippen LogP contribution in [0.1, 0.15) is 38.1 Å². The van der Waals surface area contributed by atoms with Gasteiger partial charge in [-0.2, -0.15) is 4.98 Å². The predicted molar refractivity (Wildman–Crippen MR) is 146 cm³/mol. The number of sulfonamides is 1. The van der Waals surface area contributed by atoms with Crippen molar-refractivity contribution in [2.75, 3.05) is 37.2 Å². The van der Waals surface area contributed by atoms with E-state index in [1.165, 1.54) is 0 Å². The molecule has 1 saturated carbocycles. The first-order valence-electron chi connectivity index (χ1n) is 12.2. The summed E-state index contributed by atoms with van der Waals surface area (Å²) >= 11 is 1.55. The number of anilines is 2. The van der Waals surface area contributed by atoms with E-state index in [4.69, 9.17) is 14.7 Å². The molecular formula is C24H35N7O4S2. The van der Waals surface area contributed by atoms with Crippen LogP contribution < -0.4 is 15.4 Å². The van der Waals surface area contributed by atoms with E-state index in [2.05, 4.69) is 25.3 Å². The van der Waals surface area contributed by atoms with Crippen molar-refractivity contribution < 1.29 is 18.3 Å². The van der Waals surface area contributed by atoms with Gasteiger partial charge in [0.05, 0.1) is 40.6 Å². The van der Waals surface area contributed by atoms with Gasteiger partial charge in [-0.3, -0.25) is 4.98 Å². The average Bonchev–Trinajstić information content (AvgIpc) is 3.36. The standard InChI is InChI=1S/C24H35N7O4S2/c1-13-19(22-29-20-14(2)25-8-7-18(20)36-22)21(30-23(27-13)26-9-10-35-5)28-15-11-16(17(32)12-15)24(3,4)31-37(6,33)34/h7-8,15-17,31-32H,9-12H2,1-6H3,(H2,26,27,28,30). The third kappa shape index (κ3) is 6.34.